The van der Waals surface area contributed by atoms with Crippen molar-refractivity contribution in [2.24, 2.45) is 5.73 Å². The molecule has 104 valence electrons. The molecule has 1 heterocycles. The number of amidine groups is 1. The third-order valence-electron chi connectivity index (χ3n) is 3.58. The van der Waals surface area contributed by atoms with Gasteiger partial charge in [-0.1, -0.05) is 12.1 Å². The van der Waals surface area contributed by atoms with Gasteiger partial charge in [0, 0.05) is 6.54 Å². The third-order valence-corrected chi connectivity index (χ3v) is 3.58. The Morgan fingerprint density at radius 2 is 1.90 bits per heavy atom. The first kappa shape index (κ1) is 14.1. The summed E-state index contributed by atoms with van der Waals surface area (Å²) >= 11 is 0. The van der Waals surface area contributed by atoms with Crippen molar-refractivity contribution in [2.45, 2.75) is 27.3 Å². The van der Waals surface area contributed by atoms with Crippen LogP contribution in [0.3, 0.4) is 0 Å². The van der Waals surface area contributed by atoms with E-state index in [0.717, 1.165) is 11.3 Å². The summed E-state index contributed by atoms with van der Waals surface area (Å²) in [7, 11) is 0. The van der Waals surface area contributed by atoms with E-state index in [-0.39, 0.29) is 17.0 Å². The Labute approximate surface area is 118 Å². The van der Waals surface area contributed by atoms with E-state index in [1.807, 2.05) is 25.1 Å². The minimum Gasteiger partial charge on any atom is -0.384 e. The largest absolute Gasteiger partial charge is 0.384 e. The fraction of sp³-hybridized carbons (Fsp3) is 0.250. The predicted octanol–water partition coefficient (Wildman–Crippen LogP) is 2.44. The van der Waals surface area contributed by atoms with Crippen molar-refractivity contribution in [1.82, 2.24) is 4.57 Å². The van der Waals surface area contributed by atoms with Gasteiger partial charge in [-0.3, -0.25) is 10.2 Å². The highest BCUT2D eigenvalue weighted by molar-refractivity contribution is 5.94. The summed E-state index contributed by atoms with van der Waals surface area (Å²) in [6.07, 6.45) is 0. The maximum absolute atomic E-state index is 12.3. The molecule has 0 atom stereocenters. The topological polar surface area (TPSA) is 71.9 Å². The van der Waals surface area contributed by atoms with Gasteiger partial charge in [-0.2, -0.15) is 0 Å². The number of rotatable bonds is 3. The SMILES string of the molecule is CCn1c(-c2ccc(C)c(C)c2)ccc(C(=N)N)c1=O. The summed E-state index contributed by atoms with van der Waals surface area (Å²) in [5.74, 6) is -0.191. The number of aromatic nitrogens is 1. The van der Waals surface area contributed by atoms with E-state index in [1.165, 1.54) is 11.1 Å². The lowest BCUT2D eigenvalue weighted by molar-refractivity contribution is 0.734. The van der Waals surface area contributed by atoms with Crippen molar-refractivity contribution in [1.29, 1.82) is 5.41 Å². The van der Waals surface area contributed by atoms with Crippen LogP contribution in [0.4, 0.5) is 0 Å². The van der Waals surface area contributed by atoms with E-state index in [2.05, 4.69) is 19.9 Å². The van der Waals surface area contributed by atoms with Gasteiger partial charge in [-0.25, -0.2) is 0 Å². The lowest BCUT2D eigenvalue weighted by Crippen LogP contribution is -2.30. The summed E-state index contributed by atoms with van der Waals surface area (Å²) in [4.78, 5) is 12.3. The molecule has 0 radical (unpaired) electrons. The molecule has 2 aromatic rings. The normalized spacial score (nSPS) is 10.6. The second-order valence-corrected chi connectivity index (χ2v) is 4.89. The van der Waals surface area contributed by atoms with Crippen molar-refractivity contribution in [3.05, 3.63) is 57.4 Å². The van der Waals surface area contributed by atoms with Crippen LogP contribution in [0.1, 0.15) is 23.6 Å². The maximum Gasteiger partial charge on any atom is 0.261 e. The molecule has 0 unspecified atom stereocenters. The molecule has 4 nitrogen and oxygen atoms in total. The molecule has 0 aliphatic rings. The second-order valence-electron chi connectivity index (χ2n) is 4.89. The number of nitrogen functional groups attached to an aromatic ring is 1. The minimum absolute atomic E-state index is 0.191. The van der Waals surface area contributed by atoms with Gasteiger partial charge < -0.3 is 10.3 Å². The lowest BCUT2D eigenvalue weighted by Gasteiger charge is -2.14. The molecule has 4 heteroatoms. The first-order chi connectivity index (χ1) is 9.45. The van der Waals surface area contributed by atoms with E-state index in [4.69, 9.17) is 11.1 Å². The van der Waals surface area contributed by atoms with Crippen molar-refractivity contribution in [2.75, 3.05) is 0 Å². The number of aryl methyl sites for hydroxylation is 2. The van der Waals surface area contributed by atoms with Crippen LogP contribution in [0.25, 0.3) is 11.3 Å². The van der Waals surface area contributed by atoms with E-state index >= 15 is 0 Å². The molecule has 3 N–H and O–H groups in total. The molecular formula is C16H19N3O. The summed E-state index contributed by atoms with van der Waals surface area (Å²) < 4.78 is 1.65. The van der Waals surface area contributed by atoms with Gasteiger partial charge in [0.1, 0.15) is 5.84 Å². The predicted molar refractivity (Wildman–Crippen MR) is 82.3 cm³/mol. The number of nitrogens with two attached hydrogens (primary N) is 1. The zero-order valence-electron chi connectivity index (χ0n) is 12.0. The Morgan fingerprint density at radius 1 is 1.20 bits per heavy atom. The molecular weight excluding hydrogens is 250 g/mol. The Kier molecular flexibility index (Phi) is 3.74. The van der Waals surface area contributed by atoms with Crippen LogP contribution in [0, 0.1) is 19.3 Å². The molecule has 2 rings (SSSR count). The van der Waals surface area contributed by atoms with E-state index in [0.29, 0.717) is 6.54 Å². The Hall–Kier alpha value is -2.36. The Morgan fingerprint density at radius 3 is 2.45 bits per heavy atom. The van der Waals surface area contributed by atoms with Crippen LogP contribution in [-0.2, 0) is 6.54 Å². The van der Waals surface area contributed by atoms with Crippen LogP contribution in [0.15, 0.2) is 35.1 Å². The lowest BCUT2D eigenvalue weighted by atomic mass is 10.0. The molecule has 0 saturated heterocycles. The smallest absolute Gasteiger partial charge is 0.261 e. The Balaban J connectivity index is 2.68. The van der Waals surface area contributed by atoms with Gasteiger partial charge in [0.2, 0.25) is 0 Å². The average Bonchev–Trinajstić information content (AvgIpc) is 2.41. The monoisotopic (exact) mass is 269 g/mol. The van der Waals surface area contributed by atoms with Crippen LogP contribution in [-0.4, -0.2) is 10.4 Å². The molecule has 0 fully saturated rings. The molecule has 0 saturated carbocycles. The van der Waals surface area contributed by atoms with Crippen molar-refractivity contribution in [3.8, 4) is 11.3 Å². The fourth-order valence-electron chi connectivity index (χ4n) is 2.25. The van der Waals surface area contributed by atoms with Gasteiger partial charge in [0.15, 0.2) is 0 Å². The molecule has 0 amide bonds. The molecule has 0 spiro atoms. The van der Waals surface area contributed by atoms with E-state index < -0.39 is 0 Å². The van der Waals surface area contributed by atoms with Crippen LogP contribution >= 0.6 is 0 Å². The highest BCUT2D eigenvalue weighted by Crippen LogP contribution is 2.21. The van der Waals surface area contributed by atoms with Gasteiger partial charge >= 0.3 is 0 Å². The van der Waals surface area contributed by atoms with Crippen molar-refractivity contribution in [3.63, 3.8) is 0 Å². The summed E-state index contributed by atoms with van der Waals surface area (Å²) in [6, 6.07) is 9.61. The Bertz CT molecular complexity index is 729. The molecule has 1 aromatic carbocycles. The van der Waals surface area contributed by atoms with Gasteiger partial charge in [0.05, 0.1) is 11.3 Å². The van der Waals surface area contributed by atoms with Crippen molar-refractivity contribution < 1.29 is 0 Å². The zero-order valence-corrected chi connectivity index (χ0v) is 12.0. The summed E-state index contributed by atoms with van der Waals surface area (Å²) in [6.45, 7) is 6.57. The van der Waals surface area contributed by atoms with Crippen molar-refractivity contribution >= 4 is 5.84 Å². The van der Waals surface area contributed by atoms with Crippen LogP contribution < -0.4 is 11.3 Å². The maximum atomic E-state index is 12.3. The zero-order chi connectivity index (χ0) is 14.9. The number of hydrogen-bond donors (Lipinski definition) is 2. The average molecular weight is 269 g/mol. The quantitative estimate of drug-likeness (QED) is 0.663. The third kappa shape index (κ3) is 2.37. The molecule has 0 aliphatic heterocycles. The minimum atomic E-state index is -0.212. The molecule has 1 aromatic heterocycles. The van der Waals surface area contributed by atoms with Gasteiger partial charge in [-0.05, 0) is 55.7 Å². The van der Waals surface area contributed by atoms with Crippen LogP contribution in [0.5, 0.6) is 0 Å². The molecule has 20 heavy (non-hydrogen) atoms. The van der Waals surface area contributed by atoms with Gasteiger partial charge in [-0.15, -0.1) is 0 Å². The highest BCUT2D eigenvalue weighted by atomic mass is 16.1. The van der Waals surface area contributed by atoms with Crippen LogP contribution in [0.2, 0.25) is 0 Å². The first-order valence-corrected chi connectivity index (χ1v) is 6.61. The molecule has 0 aliphatic carbocycles. The number of nitrogens with one attached hydrogen (secondary N) is 1. The highest BCUT2D eigenvalue weighted by Gasteiger charge is 2.11. The fourth-order valence-corrected chi connectivity index (χ4v) is 2.25. The second kappa shape index (κ2) is 5.33. The van der Waals surface area contributed by atoms with E-state index in [1.54, 1.807) is 10.6 Å². The van der Waals surface area contributed by atoms with E-state index in [9.17, 15) is 4.79 Å². The summed E-state index contributed by atoms with van der Waals surface area (Å²) in [5, 5.41) is 7.45. The number of pyridine rings is 1. The first-order valence-electron chi connectivity index (χ1n) is 6.61. The van der Waals surface area contributed by atoms with Gasteiger partial charge in [0.25, 0.3) is 5.56 Å². The number of nitrogens with zero attached hydrogens (tertiary/aromatic N) is 1. The number of hydrogen-bond acceptors (Lipinski definition) is 2. The standard InChI is InChI=1S/C16H19N3O/c1-4-19-14(8-7-13(15(17)18)16(19)20)12-6-5-10(2)11(3)9-12/h5-9H,4H2,1-3H3,(H3,17,18). The molecule has 0 bridgehead atoms. The summed E-state index contributed by atoms with van der Waals surface area (Å²) in [5.41, 5.74) is 9.74. The number of benzene rings is 1.